The van der Waals surface area contributed by atoms with Crippen LogP contribution in [-0.2, 0) is 0 Å². The normalized spacial score (nSPS) is 10.5. The maximum atomic E-state index is 12.5. The lowest BCUT2D eigenvalue weighted by atomic mass is 10.1. The van der Waals surface area contributed by atoms with E-state index in [4.69, 9.17) is 0 Å². The Morgan fingerprint density at radius 1 is 1.12 bits per heavy atom. The van der Waals surface area contributed by atoms with E-state index in [1.54, 1.807) is 6.07 Å². The monoisotopic (exact) mass is 326 g/mol. The Morgan fingerprint density at radius 2 is 1.92 bits per heavy atom. The Hall–Kier alpha value is -2.43. The van der Waals surface area contributed by atoms with Crippen molar-refractivity contribution in [1.29, 1.82) is 0 Å². The third-order valence-electron chi connectivity index (χ3n) is 4.00. The fourth-order valence-corrected chi connectivity index (χ4v) is 2.41. The fraction of sp³-hybridized carbons (Fsp3) is 0.421. The van der Waals surface area contributed by atoms with Gasteiger partial charge in [-0.05, 0) is 50.5 Å². The number of hydrogen-bond acceptors (Lipinski definition) is 4. The number of rotatable bonds is 7. The Morgan fingerprint density at radius 3 is 2.67 bits per heavy atom. The van der Waals surface area contributed by atoms with E-state index in [1.165, 1.54) is 12.8 Å². The summed E-state index contributed by atoms with van der Waals surface area (Å²) in [6.45, 7) is 8.87. The first-order valence-corrected chi connectivity index (χ1v) is 8.48. The van der Waals surface area contributed by atoms with Crippen LogP contribution in [0.4, 0.5) is 11.6 Å². The molecule has 0 aliphatic carbocycles. The minimum atomic E-state index is -0.217. The SMILES string of the molecule is CCCCCNc1nc(C)cc(C(=O)Nc2cccc(C)c2C)n1. The molecular weight excluding hydrogens is 300 g/mol. The fourth-order valence-electron chi connectivity index (χ4n) is 2.41. The van der Waals surface area contributed by atoms with Crippen LogP contribution in [0.15, 0.2) is 24.3 Å². The molecule has 1 aromatic carbocycles. The van der Waals surface area contributed by atoms with Crippen molar-refractivity contribution in [1.82, 2.24) is 9.97 Å². The highest BCUT2D eigenvalue weighted by Crippen LogP contribution is 2.19. The molecule has 2 aromatic rings. The third kappa shape index (κ3) is 4.78. The number of hydrogen-bond donors (Lipinski definition) is 2. The van der Waals surface area contributed by atoms with E-state index in [0.717, 1.165) is 35.5 Å². The molecule has 0 radical (unpaired) electrons. The highest BCUT2D eigenvalue weighted by molar-refractivity contribution is 6.03. The molecule has 0 spiro atoms. The van der Waals surface area contributed by atoms with Gasteiger partial charge in [-0.2, -0.15) is 0 Å². The second-order valence-corrected chi connectivity index (χ2v) is 6.05. The molecule has 0 fully saturated rings. The van der Waals surface area contributed by atoms with Crippen LogP contribution in [0.3, 0.4) is 0 Å². The Labute approximate surface area is 143 Å². The standard InChI is InChI=1S/C19H26N4O/c1-5-6-7-11-20-19-21-14(3)12-17(23-19)18(24)22-16-10-8-9-13(2)15(16)4/h8-10,12H,5-7,11H2,1-4H3,(H,22,24)(H,20,21,23). The molecular formula is C19H26N4O. The highest BCUT2D eigenvalue weighted by atomic mass is 16.1. The molecule has 2 rings (SSSR count). The van der Waals surface area contributed by atoms with Crippen molar-refractivity contribution >= 4 is 17.5 Å². The van der Waals surface area contributed by atoms with Crippen LogP contribution in [0, 0.1) is 20.8 Å². The molecule has 1 aromatic heterocycles. The molecule has 0 unspecified atom stereocenters. The van der Waals surface area contributed by atoms with Crippen molar-refractivity contribution < 1.29 is 4.79 Å². The van der Waals surface area contributed by atoms with Crippen molar-refractivity contribution in [3.63, 3.8) is 0 Å². The number of aromatic nitrogens is 2. The van der Waals surface area contributed by atoms with E-state index in [-0.39, 0.29) is 5.91 Å². The van der Waals surface area contributed by atoms with E-state index >= 15 is 0 Å². The van der Waals surface area contributed by atoms with Crippen LogP contribution < -0.4 is 10.6 Å². The third-order valence-corrected chi connectivity index (χ3v) is 4.00. The number of nitrogens with one attached hydrogen (secondary N) is 2. The van der Waals surface area contributed by atoms with Crippen LogP contribution in [0.1, 0.15) is 53.5 Å². The van der Waals surface area contributed by atoms with Gasteiger partial charge in [0, 0.05) is 17.9 Å². The predicted molar refractivity (Wildman–Crippen MR) is 98.7 cm³/mol. The molecule has 128 valence electrons. The summed E-state index contributed by atoms with van der Waals surface area (Å²) in [5, 5.41) is 6.14. The first-order chi connectivity index (χ1) is 11.5. The quantitative estimate of drug-likeness (QED) is 0.746. The van der Waals surface area contributed by atoms with E-state index < -0.39 is 0 Å². The minimum Gasteiger partial charge on any atom is -0.354 e. The molecule has 1 amide bonds. The lowest BCUT2D eigenvalue weighted by Gasteiger charge is -2.11. The Balaban J connectivity index is 2.11. The number of benzene rings is 1. The van der Waals surface area contributed by atoms with E-state index in [0.29, 0.717) is 11.6 Å². The van der Waals surface area contributed by atoms with E-state index in [9.17, 15) is 4.79 Å². The summed E-state index contributed by atoms with van der Waals surface area (Å²) in [6, 6.07) is 7.57. The smallest absolute Gasteiger partial charge is 0.274 e. The van der Waals surface area contributed by atoms with Gasteiger partial charge in [-0.3, -0.25) is 4.79 Å². The molecule has 0 saturated heterocycles. The molecule has 1 heterocycles. The van der Waals surface area contributed by atoms with Gasteiger partial charge in [0.1, 0.15) is 5.69 Å². The summed E-state index contributed by atoms with van der Waals surface area (Å²) in [5.74, 6) is 0.294. The maximum absolute atomic E-state index is 12.5. The zero-order chi connectivity index (χ0) is 17.5. The molecule has 0 saturated carbocycles. The van der Waals surface area contributed by atoms with Gasteiger partial charge in [0.05, 0.1) is 0 Å². The molecule has 0 bridgehead atoms. The number of carbonyl (C=O) groups excluding carboxylic acids is 1. The molecule has 5 heteroatoms. The van der Waals surface area contributed by atoms with Crippen LogP contribution in [0.5, 0.6) is 0 Å². The topological polar surface area (TPSA) is 66.9 Å². The molecule has 2 N–H and O–H groups in total. The molecule has 5 nitrogen and oxygen atoms in total. The van der Waals surface area contributed by atoms with Gasteiger partial charge in [0.15, 0.2) is 0 Å². The van der Waals surface area contributed by atoms with E-state index in [2.05, 4.69) is 27.5 Å². The number of aryl methyl sites for hydroxylation is 2. The van der Waals surface area contributed by atoms with E-state index in [1.807, 2.05) is 39.0 Å². The Bertz CT molecular complexity index is 713. The van der Waals surface area contributed by atoms with Gasteiger partial charge >= 0.3 is 0 Å². The minimum absolute atomic E-state index is 0.217. The van der Waals surface area contributed by atoms with Crippen molar-refractivity contribution in [3.8, 4) is 0 Å². The summed E-state index contributed by atoms with van der Waals surface area (Å²) in [4.78, 5) is 21.2. The van der Waals surface area contributed by atoms with Crippen LogP contribution in [0.25, 0.3) is 0 Å². The number of anilines is 2. The van der Waals surface area contributed by atoms with Gasteiger partial charge in [0.2, 0.25) is 5.95 Å². The number of nitrogens with zero attached hydrogens (tertiary/aromatic N) is 2. The molecule has 0 atom stereocenters. The zero-order valence-electron chi connectivity index (χ0n) is 14.9. The second kappa shape index (κ2) is 8.43. The first kappa shape index (κ1) is 17.9. The van der Waals surface area contributed by atoms with Crippen molar-refractivity contribution in [2.45, 2.75) is 47.0 Å². The summed E-state index contributed by atoms with van der Waals surface area (Å²) >= 11 is 0. The predicted octanol–water partition coefficient (Wildman–Crippen LogP) is 4.26. The summed E-state index contributed by atoms with van der Waals surface area (Å²) in [6.07, 6.45) is 3.40. The maximum Gasteiger partial charge on any atom is 0.274 e. The summed E-state index contributed by atoms with van der Waals surface area (Å²) in [7, 11) is 0. The van der Waals surface area contributed by atoms with Crippen molar-refractivity contribution in [3.05, 3.63) is 46.8 Å². The summed E-state index contributed by atoms with van der Waals surface area (Å²) < 4.78 is 0. The van der Waals surface area contributed by atoms with Crippen molar-refractivity contribution in [2.24, 2.45) is 0 Å². The van der Waals surface area contributed by atoms with Gasteiger partial charge < -0.3 is 10.6 Å². The van der Waals surface area contributed by atoms with Gasteiger partial charge in [-0.25, -0.2) is 9.97 Å². The first-order valence-electron chi connectivity index (χ1n) is 8.48. The van der Waals surface area contributed by atoms with Crippen LogP contribution in [0.2, 0.25) is 0 Å². The van der Waals surface area contributed by atoms with Crippen molar-refractivity contribution in [2.75, 3.05) is 17.2 Å². The van der Waals surface area contributed by atoms with Crippen LogP contribution in [-0.4, -0.2) is 22.4 Å². The van der Waals surface area contributed by atoms with Crippen LogP contribution >= 0.6 is 0 Å². The average molecular weight is 326 g/mol. The van der Waals surface area contributed by atoms with Gasteiger partial charge in [-0.15, -0.1) is 0 Å². The highest BCUT2D eigenvalue weighted by Gasteiger charge is 2.12. The molecule has 0 aliphatic heterocycles. The average Bonchev–Trinajstić information content (AvgIpc) is 2.55. The summed E-state index contributed by atoms with van der Waals surface area (Å²) in [5.41, 5.74) is 4.17. The molecule has 24 heavy (non-hydrogen) atoms. The number of carbonyl (C=O) groups is 1. The second-order valence-electron chi connectivity index (χ2n) is 6.05. The lowest BCUT2D eigenvalue weighted by molar-refractivity contribution is 0.102. The molecule has 0 aliphatic rings. The number of amides is 1. The largest absolute Gasteiger partial charge is 0.354 e. The number of unbranched alkanes of at least 4 members (excludes halogenated alkanes) is 2. The lowest BCUT2D eigenvalue weighted by Crippen LogP contribution is -2.17. The van der Waals surface area contributed by atoms with Gasteiger partial charge in [-0.1, -0.05) is 31.9 Å². The Kier molecular flexibility index (Phi) is 6.29. The van der Waals surface area contributed by atoms with Gasteiger partial charge in [0.25, 0.3) is 5.91 Å². The zero-order valence-corrected chi connectivity index (χ0v) is 14.9.